The molecule has 1 heterocycles. The highest BCUT2D eigenvalue weighted by atomic mass is 16.5. The molecule has 2 heteroatoms. The number of nitrogens with one attached hydrogen (secondary N) is 1. The monoisotopic (exact) mass is 139 g/mol. The minimum absolute atomic E-state index is 0.0411. The molecule has 0 bridgehead atoms. The summed E-state index contributed by atoms with van der Waals surface area (Å²) in [6, 6.07) is 0. The molecule has 1 N–H and O–H groups in total. The van der Waals surface area contributed by atoms with Crippen LogP contribution in [0.3, 0.4) is 0 Å². The zero-order valence-corrected chi connectivity index (χ0v) is 6.31. The average molecular weight is 139 g/mol. The summed E-state index contributed by atoms with van der Waals surface area (Å²) in [7, 11) is 0. The maximum atomic E-state index is 5.55. The van der Waals surface area contributed by atoms with Crippen LogP contribution in [0.15, 0.2) is 12.3 Å². The van der Waals surface area contributed by atoms with Crippen LogP contribution in [0, 0.1) is 5.92 Å². The third kappa shape index (κ3) is 0.626. The summed E-state index contributed by atoms with van der Waals surface area (Å²) in [5, 5.41) is 3.12. The van der Waals surface area contributed by atoms with Crippen LogP contribution < -0.4 is 5.32 Å². The molecule has 56 valence electrons. The van der Waals surface area contributed by atoms with Gasteiger partial charge in [0.25, 0.3) is 0 Å². The van der Waals surface area contributed by atoms with Crippen molar-refractivity contribution in [3.05, 3.63) is 12.3 Å². The molecule has 0 aromatic carbocycles. The van der Waals surface area contributed by atoms with Crippen LogP contribution in [-0.4, -0.2) is 12.3 Å². The molecule has 1 saturated heterocycles. The van der Waals surface area contributed by atoms with Crippen LogP contribution in [0.5, 0.6) is 0 Å². The van der Waals surface area contributed by atoms with E-state index in [4.69, 9.17) is 4.74 Å². The van der Waals surface area contributed by atoms with Gasteiger partial charge in [-0.15, -0.1) is 0 Å². The maximum absolute atomic E-state index is 5.55. The van der Waals surface area contributed by atoms with E-state index in [-0.39, 0.29) is 5.60 Å². The van der Waals surface area contributed by atoms with Gasteiger partial charge >= 0.3 is 0 Å². The van der Waals surface area contributed by atoms with E-state index < -0.39 is 0 Å². The molecule has 1 aliphatic carbocycles. The summed E-state index contributed by atoms with van der Waals surface area (Å²) >= 11 is 0. The fourth-order valence-corrected chi connectivity index (χ4v) is 1.94. The largest absolute Gasteiger partial charge is 0.364 e. The summed E-state index contributed by atoms with van der Waals surface area (Å²) < 4.78 is 5.55. The highest BCUT2D eigenvalue weighted by Gasteiger charge is 2.48. The molecule has 2 aliphatic rings. The molecule has 0 aromatic heterocycles. The van der Waals surface area contributed by atoms with Gasteiger partial charge in [0, 0.05) is 5.70 Å². The van der Waals surface area contributed by atoms with Crippen molar-refractivity contribution in [2.75, 3.05) is 6.73 Å². The first-order valence-corrected chi connectivity index (χ1v) is 3.80. The molecule has 0 atom stereocenters. The standard InChI is InChI=1S/C8H13NO/c1-6-3-8(4-6)7(2)9-5-10-8/h6,9H,2-5H2,1H3. The van der Waals surface area contributed by atoms with Crippen molar-refractivity contribution < 1.29 is 4.74 Å². The van der Waals surface area contributed by atoms with Crippen LogP contribution in [0.2, 0.25) is 0 Å². The van der Waals surface area contributed by atoms with E-state index in [1.54, 1.807) is 0 Å². The highest BCUT2D eigenvalue weighted by molar-refractivity contribution is 5.19. The molecule has 0 aromatic rings. The Morgan fingerprint density at radius 2 is 2.40 bits per heavy atom. The molecule has 2 nitrogen and oxygen atoms in total. The number of hydrogen-bond acceptors (Lipinski definition) is 2. The Kier molecular flexibility index (Phi) is 1.09. The van der Waals surface area contributed by atoms with Gasteiger partial charge in [-0.25, -0.2) is 0 Å². The second-order valence-electron chi connectivity index (χ2n) is 3.45. The molecule has 0 amide bonds. The Hall–Kier alpha value is -0.500. The molecule has 2 fully saturated rings. The minimum Gasteiger partial charge on any atom is -0.364 e. The summed E-state index contributed by atoms with van der Waals surface area (Å²) in [5.41, 5.74) is 1.13. The van der Waals surface area contributed by atoms with Crippen LogP contribution in [0.1, 0.15) is 19.8 Å². The topological polar surface area (TPSA) is 21.3 Å². The van der Waals surface area contributed by atoms with Crippen LogP contribution >= 0.6 is 0 Å². The third-order valence-electron chi connectivity index (χ3n) is 2.54. The van der Waals surface area contributed by atoms with Gasteiger partial charge in [0.1, 0.15) is 12.3 Å². The van der Waals surface area contributed by atoms with E-state index in [1.165, 1.54) is 0 Å². The van der Waals surface area contributed by atoms with Crippen molar-refractivity contribution in [1.29, 1.82) is 0 Å². The normalized spacial score (nSPS) is 45.3. The van der Waals surface area contributed by atoms with Crippen molar-refractivity contribution in [3.63, 3.8) is 0 Å². The molecule has 1 aliphatic heterocycles. The zero-order chi connectivity index (χ0) is 7.19. The third-order valence-corrected chi connectivity index (χ3v) is 2.54. The van der Waals surface area contributed by atoms with E-state index in [0.29, 0.717) is 6.73 Å². The van der Waals surface area contributed by atoms with Crippen LogP contribution in [0.25, 0.3) is 0 Å². The van der Waals surface area contributed by atoms with Crippen molar-refractivity contribution in [2.24, 2.45) is 5.92 Å². The number of rotatable bonds is 0. The maximum Gasteiger partial charge on any atom is 0.117 e. The van der Waals surface area contributed by atoms with Gasteiger partial charge in [0.05, 0.1) is 0 Å². The molecule has 2 rings (SSSR count). The summed E-state index contributed by atoms with van der Waals surface area (Å²) in [6.07, 6.45) is 2.30. The van der Waals surface area contributed by atoms with Gasteiger partial charge in [-0.3, -0.25) is 0 Å². The van der Waals surface area contributed by atoms with Crippen LogP contribution in [-0.2, 0) is 4.74 Å². The SMILES string of the molecule is C=C1NCOC12CC(C)C2. The summed E-state index contributed by atoms with van der Waals surface area (Å²) in [4.78, 5) is 0. The van der Waals surface area contributed by atoms with Gasteiger partial charge < -0.3 is 10.1 Å². The molecule has 0 radical (unpaired) electrons. The molecular weight excluding hydrogens is 126 g/mol. The first-order valence-electron chi connectivity index (χ1n) is 3.80. The Bertz CT molecular complexity index is 170. The Balaban J connectivity index is 2.10. The van der Waals surface area contributed by atoms with Gasteiger partial charge in [-0.1, -0.05) is 13.5 Å². The van der Waals surface area contributed by atoms with E-state index in [0.717, 1.165) is 24.5 Å². The molecule has 1 spiro atoms. The lowest BCUT2D eigenvalue weighted by atomic mass is 9.70. The minimum atomic E-state index is 0.0411. The Labute approximate surface area is 61.3 Å². The first kappa shape index (κ1) is 6.23. The molecular formula is C8H13NO. The van der Waals surface area contributed by atoms with Crippen LogP contribution in [0.4, 0.5) is 0 Å². The van der Waals surface area contributed by atoms with Gasteiger partial charge in [-0.2, -0.15) is 0 Å². The molecule has 10 heavy (non-hydrogen) atoms. The second-order valence-corrected chi connectivity index (χ2v) is 3.45. The Morgan fingerprint density at radius 1 is 1.70 bits per heavy atom. The van der Waals surface area contributed by atoms with Crippen molar-refractivity contribution in [2.45, 2.75) is 25.4 Å². The fourth-order valence-electron chi connectivity index (χ4n) is 1.94. The van der Waals surface area contributed by atoms with Crippen molar-refractivity contribution in [3.8, 4) is 0 Å². The van der Waals surface area contributed by atoms with Crippen molar-refractivity contribution >= 4 is 0 Å². The quantitative estimate of drug-likeness (QED) is 0.545. The van der Waals surface area contributed by atoms with Gasteiger partial charge in [-0.05, 0) is 18.8 Å². The van der Waals surface area contributed by atoms with E-state index in [1.807, 2.05) is 0 Å². The molecule has 1 saturated carbocycles. The van der Waals surface area contributed by atoms with Gasteiger partial charge in [0.2, 0.25) is 0 Å². The van der Waals surface area contributed by atoms with E-state index >= 15 is 0 Å². The average Bonchev–Trinajstić information content (AvgIpc) is 2.12. The van der Waals surface area contributed by atoms with Gasteiger partial charge in [0.15, 0.2) is 0 Å². The lowest BCUT2D eigenvalue weighted by molar-refractivity contribution is -0.0647. The fraction of sp³-hybridized carbons (Fsp3) is 0.750. The lowest BCUT2D eigenvalue weighted by Gasteiger charge is -2.42. The Morgan fingerprint density at radius 3 is 2.80 bits per heavy atom. The smallest absolute Gasteiger partial charge is 0.117 e. The highest BCUT2D eigenvalue weighted by Crippen LogP contribution is 2.46. The second kappa shape index (κ2) is 1.76. The lowest BCUT2D eigenvalue weighted by Crippen LogP contribution is -2.43. The predicted molar refractivity (Wildman–Crippen MR) is 39.4 cm³/mol. The van der Waals surface area contributed by atoms with E-state index in [9.17, 15) is 0 Å². The first-order chi connectivity index (χ1) is 4.73. The molecule has 0 unspecified atom stereocenters. The number of ether oxygens (including phenoxy) is 1. The predicted octanol–water partition coefficient (Wildman–Crippen LogP) is 1.25. The number of hydrogen-bond donors (Lipinski definition) is 1. The summed E-state index contributed by atoms with van der Waals surface area (Å²) in [5.74, 6) is 0.816. The van der Waals surface area contributed by atoms with E-state index in [2.05, 4.69) is 18.8 Å². The van der Waals surface area contributed by atoms with Crippen molar-refractivity contribution in [1.82, 2.24) is 5.32 Å². The zero-order valence-electron chi connectivity index (χ0n) is 6.31. The summed E-state index contributed by atoms with van der Waals surface area (Å²) in [6.45, 7) is 6.84.